The second kappa shape index (κ2) is 6.70. The van der Waals surface area contributed by atoms with Gasteiger partial charge < -0.3 is 4.57 Å². The Balaban J connectivity index is 0.000000485. The van der Waals surface area contributed by atoms with Crippen molar-refractivity contribution in [2.24, 2.45) is 0 Å². The Morgan fingerprint density at radius 2 is 1.30 bits per heavy atom. The highest BCUT2D eigenvalue weighted by atomic mass is 15.0. The first-order valence-corrected chi connectivity index (χ1v) is 8.31. The van der Waals surface area contributed by atoms with E-state index in [2.05, 4.69) is 98.1 Å². The number of benzene rings is 3. The zero-order chi connectivity index (χ0) is 16.2. The minimum atomic E-state index is 1.21. The first-order chi connectivity index (χ1) is 11.3. The lowest BCUT2D eigenvalue weighted by Gasteiger charge is -2.07. The highest BCUT2D eigenvalue weighted by molar-refractivity contribution is 6.09. The van der Waals surface area contributed by atoms with Gasteiger partial charge in [0.1, 0.15) is 0 Å². The number of aromatic nitrogens is 1. The normalized spacial score (nSPS) is 10.6. The molecule has 0 atom stereocenters. The highest BCUT2D eigenvalue weighted by Gasteiger charge is 2.11. The molecule has 116 valence electrons. The zero-order valence-corrected chi connectivity index (χ0v) is 14.1. The van der Waals surface area contributed by atoms with Gasteiger partial charge >= 0.3 is 0 Å². The van der Waals surface area contributed by atoms with Crippen LogP contribution in [0.3, 0.4) is 0 Å². The van der Waals surface area contributed by atoms with Crippen LogP contribution in [0.2, 0.25) is 0 Å². The van der Waals surface area contributed by atoms with Gasteiger partial charge in [0, 0.05) is 16.5 Å². The summed E-state index contributed by atoms with van der Waals surface area (Å²) in [7, 11) is 0. The summed E-state index contributed by atoms with van der Waals surface area (Å²) in [5.41, 5.74) is 5.04. The molecule has 0 saturated heterocycles. The maximum Gasteiger partial charge on any atom is 0.0541 e. The van der Waals surface area contributed by atoms with Crippen LogP contribution in [0.1, 0.15) is 25.8 Å². The van der Waals surface area contributed by atoms with Gasteiger partial charge in [-0.15, -0.1) is 0 Å². The van der Waals surface area contributed by atoms with Gasteiger partial charge in [-0.2, -0.15) is 0 Å². The Hall–Kier alpha value is -2.54. The zero-order valence-electron chi connectivity index (χ0n) is 14.1. The molecule has 0 bridgehead atoms. The SMILES string of the molecule is CCC.Cc1ccc2c(c1)c1ccccc1n2-c1ccccc1. The molecule has 1 aromatic heterocycles. The third kappa shape index (κ3) is 2.87. The van der Waals surface area contributed by atoms with Gasteiger partial charge in [0.2, 0.25) is 0 Å². The lowest BCUT2D eigenvalue weighted by atomic mass is 10.1. The van der Waals surface area contributed by atoms with Crippen LogP contribution >= 0.6 is 0 Å². The monoisotopic (exact) mass is 301 g/mol. The Labute approximate surface area is 138 Å². The van der Waals surface area contributed by atoms with Crippen molar-refractivity contribution in [1.29, 1.82) is 0 Å². The van der Waals surface area contributed by atoms with E-state index in [1.165, 1.54) is 39.5 Å². The Morgan fingerprint density at radius 1 is 0.696 bits per heavy atom. The van der Waals surface area contributed by atoms with Gasteiger partial charge in [0.05, 0.1) is 11.0 Å². The number of aryl methyl sites for hydroxylation is 1. The second-order valence-electron chi connectivity index (χ2n) is 5.92. The van der Waals surface area contributed by atoms with Crippen LogP contribution in [0, 0.1) is 6.92 Å². The number of rotatable bonds is 1. The van der Waals surface area contributed by atoms with Gasteiger partial charge in [-0.25, -0.2) is 0 Å². The molecule has 1 heteroatoms. The first-order valence-electron chi connectivity index (χ1n) is 8.31. The van der Waals surface area contributed by atoms with Crippen LogP contribution in [0.15, 0.2) is 72.8 Å². The summed E-state index contributed by atoms with van der Waals surface area (Å²) in [4.78, 5) is 0. The summed E-state index contributed by atoms with van der Waals surface area (Å²) in [6.45, 7) is 6.40. The van der Waals surface area contributed by atoms with E-state index in [9.17, 15) is 0 Å². The van der Waals surface area contributed by atoms with Crippen molar-refractivity contribution < 1.29 is 0 Å². The maximum absolute atomic E-state index is 2.34. The molecule has 0 saturated carbocycles. The van der Waals surface area contributed by atoms with Crippen LogP contribution in [-0.2, 0) is 0 Å². The van der Waals surface area contributed by atoms with Crippen molar-refractivity contribution in [1.82, 2.24) is 4.57 Å². The van der Waals surface area contributed by atoms with Gasteiger partial charge in [0.25, 0.3) is 0 Å². The average molecular weight is 301 g/mol. The van der Waals surface area contributed by atoms with Crippen molar-refractivity contribution in [3.63, 3.8) is 0 Å². The average Bonchev–Trinajstić information content (AvgIpc) is 2.90. The van der Waals surface area contributed by atoms with Crippen LogP contribution < -0.4 is 0 Å². The highest BCUT2D eigenvalue weighted by Crippen LogP contribution is 2.32. The molecule has 0 N–H and O–H groups in total. The topological polar surface area (TPSA) is 4.93 Å². The summed E-state index contributed by atoms with van der Waals surface area (Å²) in [5.74, 6) is 0. The van der Waals surface area contributed by atoms with Gasteiger partial charge in [-0.1, -0.05) is 68.3 Å². The molecule has 0 radical (unpaired) electrons. The molecule has 1 nitrogen and oxygen atoms in total. The predicted octanol–water partition coefficient (Wildman–Crippen LogP) is 6.51. The van der Waals surface area contributed by atoms with Crippen LogP contribution in [0.25, 0.3) is 27.5 Å². The molecule has 0 unspecified atom stereocenters. The van der Waals surface area contributed by atoms with Crippen LogP contribution in [0.5, 0.6) is 0 Å². The third-order valence-electron chi connectivity index (χ3n) is 3.84. The molecule has 0 fully saturated rings. The number of fused-ring (bicyclic) bond motifs is 3. The van der Waals surface area contributed by atoms with E-state index < -0.39 is 0 Å². The molecular formula is C22H23N. The third-order valence-corrected chi connectivity index (χ3v) is 3.84. The quantitative estimate of drug-likeness (QED) is 0.378. The molecule has 23 heavy (non-hydrogen) atoms. The molecular weight excluding hydrogens is 278 g/mol. The summed E-state index contributed by atoms with van der Waals surface area (Å²) in [6.07, 6.45) is 1.25. The summed E-state index contributed by atoms with van der Waals surface area (Å²) in [6, 6.07) is 25.8. The van der Waals surface area contributed by atoms with Crippen molar-refractivity contribution in [2.75, 3.05) is 0 Å². The van der Waals surface area contributed by atoms with Gasteiger partial charge in [-0.05, 0) is 37.3 Å². The standard InChI is InChI=1S/C19H15N.C3H8/c1-14-11-12-19-17(13-14)16-9-5-6-10-18(16)20(19)15-7-3-2-4-8-15;1-3-2/h2-13H,1H3;3H2,1-2H3. The Morgan fingerprint density at radius 3 is 2.04 bits per heavy atom. The first kappa shape index (κ1) is 15.4. The Bertz CT molecular complexity index is 917. The van der Waals surface area contributed by atoms with Gasteiger partial charge in [0.15, 0.2) is 0 Å². The fourth-order valence-electron chi connectivity index (χ4n) is 2.94. The van der Waals surface area contributed by atoms with E-state index in [-0.39, 0.29) is 0 Å². The molecule has 4 rings (SSSR count). The van der Waals surface area contributed by atoms with E-state index in [1.54, 1.807) is 0 Å². The van der Waals surface area contributed by atoms with E-state index >= 15 is 0 Å². The fraction of sp³-hybridized carbons (Fsp3) is 0.182. The number of para-hydroxylation sites is 2. The second-order valence-corrected chi connectivity index (χ2v) is 5.92. The minimum Gasteiger partial charge on any atom is -0.309 e. The number of hydrogen-bond donors (Lipinski definition) is 0. The lowest BCUT2D eigenvalue weighted by molar-refractivity contribution is 1.09. The van der Waals surface area contributed by atoms with Crippen molar-refractivity contribution in [3.05, 3.63) is 78.4 Å². The van der Waals surface area contributed by atoms with E-state index in [1.807, 2.05) is 0 Å². The summed E-state index contributed by atoms with van der Waals surface area (Å²) in [5, 5.41) is 2.64. The minimum absolute atomic E-state index is 1.21. The smallest absolute Gasteiger partial charge is 0.0541 e. The summed E-state index contributed by atoms with van der Waals surface area (Å²) >= 11 is 0. The molecule has 0 amide bonds. The molecule has 0 aliphatic heterocycles. The maximum atomic E-state index is 2.34. The van der Waals surface area contributed by atoms with Crippen LogP contribution in [-0.4, -0.2) is 4.57 Å². The molecule has 1 heterocycles. The molecule has 0 aliphatic carbocycles. The van der Waals surface area contributed by atoms with Crippen molar-refractivity contribution in [3.8, 4) is 5.69 Å². The van der Waals surface area contributed by atoms with E-state index in [4.69, 9.17) is 0 Å². The van der Waals surface area contributed by atoms with Crippen molar-refractivity contribution in [2.45, 2.75) is 27.2 Å². The van der Waals surface area contributed by atoms with Crippen molar-refractivity contribution >= 4 is 21.8 Å². The van der Waals surface area contributed by atoms with E-state index in [0.717, 1.165) is 0 Å². The van der Waals surface area contributed by atoms with Gasteiger partial charge in [-0.3, -0.25) is 0 Å². The number of nitrogens with zero attached hydrogens (tertiary/aromatic N) is 1. The largest absolute Gasteiger partial charge is 0.309 e. The predicted molar refractivity (Wildman–Crippen MR) is 101 cm³/mol. The van der Waals surface area contributed by atoms with Crippen LogP contribution in [0.4, 0.5) is 0 Å². The molecule has 4 aromatic rings. The number of hydrogen-bond acceptors (Lipinski definition) is 0. The molecule has 0 spiro atoms. The molecule has 0 aliphatic rings. The lowest BCUT2D eigenvalue weighted by Crippen LogP contribution is -1.92. The van der Waals surface area contributed by atoms with E-state index in [0.29, 0.717) is 0 Å². The Kier molecular flexibility index (Phi) is 4.47. The summed E-state index contributed by atoms with van der Waals surface area (Å²) < 4.78 is 2.34. The fourth-order valence-corrected chi connectivity index (χ4v) is 2.94. The molecule has 3 aromatic carbocycles.